The molecule has 0 atom stereocenters. The predicted molar refractivity (Wildman–Crippen MR) is 107 cm³/mol. The van der Waals surface area contributed by atoms with Crippen molar-refractivity contribution in [2.24, 2.45) is 0 Å². The van der Waals surface area contributed by atoms with Crippen molar-refractivity contribution >= 4 is 27.6 Å². The molecule has 7 nitrogen and oxygen atoms in total. The minimum Gasteiger partial charge on any atom is -0.452 e. The first-order valence-electron chi connectivity index (χ1n) is 8.71. The zero-order valence-corrected chi connectivity index (χ0v) is 17.1. The number of nitrogens with zero attached hydrogens (tertiary/aromatic N) is 2. The van der Waals surface area contributed by atoms with Crippen molar-refractivity contribution in [3.8, 4) is 0 Å². The van der Waals surface area contributed by atoms with E-state index in [-0.39, 0.29) is 22.4 Å². The van der Waals surface area contributed by atoms with Gasteiger partial charge in [-0.25, -0.2) is 17.5 Å². The quantitative estimate of drug-likeness (QED) is 0.662. The van der Waals surface area contributed by atoms with Gasteiger partial charge in [-0.3, -0.25) is 4.79 Å². The number of carbonyl (C=O) groups is 2. The number of hydrogen-bond donors (Lipinski definition) is 0. The lowest BCUT2D eigenvalue weighted by atomic mass is 10.2. The molecule has 28 heavy (non-hydrogen) atoms. The Morgan fingerprint density at radius 2 is 1.54 bits per heavy atom. The summed E-state index contributed by atoms with van der Waals surface area (Å²) in [7, 11) is -0.722. The Hall–Kier alpha value is -2.71. The van der Waals surface area contributed by atoms with E-state index < -0.39 is 22.6 Å². The summed E-state index contributed by atoms with van der Waals surface area (Å²) in [6.45, 7) is 3.33. The Labute approximate surface area is 165 Å². The molecule has 0 radical (unpaired) electrons. The van der Waals surface area contributed by atoms with Crippen molar-refractivity contribution < 1.29 is 22.7 Å². The molecule has 0 saturated heterocycles. The molecule has 2 aromatic rings. The van der Waals surface area contributed by atoms with Crippen LogP contribution in [0.2, 0.25) is 0 Å². The van der Waals surface area contributed by atoms with E-state index in [4.69, 9.17) is 4.74 Å². The highest BCUT2D eigenvalue weighted by atomic mass is 32.2. The van der Waals surface area contributed by atoms with Crippen LogP contribution in [0, 0.1) is 0 Å². The predicted octanol–water partition coefficient (Wildman–Crippen LogP) is 2.54. The van der Waals surface area contributed by atoms with Crippen LogP contribution in [0.1, 0.15) is 24.2 Å². The summed E-state index contributed by atoms with van der Waals surface area (Å²) in [5.41, 5.74) is 0.887. The van der Waals surface area contributed by atoms with Crippen molar-refractivity contribution in [1.29, 1.82) is 0 Å². The number of rotatable bonds is 7. The highest BCUT2D eigenvalue weighted by molar-refractivity contribution is 7.89. The maximum atomic E-state index is 12.5. The number of carbonyl (C=O) groups excluding carboxylic acids is 2. The fourth-order valence-electron chi connectivity index (χ4n) is 2.57. The lowest BCUT2D eigenvalue weighted by Crippen LogP contribution is -2.39. The molecule has 0 spiro atoms. The number of benzene rings is 2. The first-order chi connectivity index (χ1) is 13.1. The monoisotopic (exact) mass is 404 g/mol. The molecule has 2 aromatic carbocycles. The number of anilines is 1. The molecule has 8 heteroatoms. The molecule has 0 unspecified atom stereocenters. The Bertz CT molecular complexity index is 923. The number of amides is 1. The third-order valence-corrected chi connectivity index (χ3v) is 5.84. The summed E-state index contributed by atoms with van der Waals surface area (Å²) < 4.78 is 30.3. The zero-order valence-electron chi connectivity index (χ0n) is 16.3. The van der Waals surface area contributed by atoms with Gasteiger partial charge in [0.1, 0.15) is 0 Å². The number of para-hydroxylation sites is 1. The molecular formula is C20H24N2O5S. The average molecular weight is 404 g/mol. The summed E-state index contributed by atoms with van der Waals surface area (Å²) in [6.07, 6.45) is 0. The van der Waals surface area contributed by atoms with E-state index >= 15 is 0 Å². The fourth-order valence-corrected chi connectivity index (χ4v) is 3.47. The van der Waals surface area contributed by atoms with Gasteiger partial charge in [0, 0.05) is 25.8 Å². The van der Waals surface area contributed by atoms with E-state index in [1.165, 1.54) is 38.4 Å². The molecule has 0 aliphatic heterocycles. The first-order valence-corrected chi connectivity index (χ1v) is 10.2. The summed E-state index contributed by atoms with van der Waals surface area (Å²) in [6, 6.07) is 14.4. The van der Waals surface area contributed by atoms with Gasteiger partial charge in [-0.2, -0.15) is 0 Å². The molecule has 0 saturated carbocycles. The Morgan fingerprint density at radius 1 is 0.964 bits per heavy atom. The lowest BCUT2D eigenvalue weighted by Gasteiger charge is -2.26. The van der Waals surface area contributed by atoms with E-state index in [1.54, 1.807) is 4.90 Å². The maximum absolute atomic E-state index is 12.5. The normalized spacial score (nSPS) is 11.5. The average Bonchev–Trinajstić information content (AvgIpc) is 2.66. The maximum Gasteiger partial charge on any atom is 0.338 e. The van der Waals surface area contributed by atoms with Crippen LogP contribution in [0.25, 0.3) is 0 Å². The van der Waals surface area contributed by atoms with E-state index in [0.29, 0.717) is 0 Å². The van der Waals surface area contributed by atoms with Gasteiger partial charge in [-0.05, 0) is 50.2 Å². The SMILES string of the molecule is CC(C)N(C(=O)COC(=O)c1ccc(S(=O)(=O)N(C)C)cc1)c1ccccc1. The van der Waals surface area contributed by atoms with Crippen LogP contribution in [0.4, 0.5) is 5.69 Å². The topological polar surface area (TPSA) is 84.0 Å². The molecule has 150 valence electrons. The molecule has 1 amide bonds. The van der Waals surface area contributed by atoms with E-state index in [0.717, 1.165) is 9.99 Å². The second-order valence-corrected chi connectivity index (χ2v) is 8.73. The highest BCUT2D eigenvalue weighted by Crippen LogP contribution is 2.17. The second kappa shape index (κ2) is 8.99. The van der Waals surface area contributed by atoms with Crippen LogP contribution < -0.4 is 4.90 Å². The van der Waals surface area contributed by atoms with Crippen molar-refractivity contribution in [3.63, 3.8) is 0 Å². The van der Waals surface area contributed by atoms with Crippen molar-refractivity contribution in [3.05, 3.63) is 60.2 Å². The summed E-state index contributed by atoms with van der Waals surface area (Å²) >= 11 is 0. The Kier molecular flexibility index (Phi) is 6.93. The van der Waals surface area contributed by atoms with Crippen LogP contribution in [0.15, 0.2) is 59.5 Å². The molecular weight excluding hydrogens is 380 g/mol. The molecule has 2 rings (SSSR count). The van der Waals surface area contributed by atoms with E-state index in [9.17, 15) is 18.0 Å². The van der Waals surface area contributed by atoms with Crippen molar-refractivity contribution in [2.45, 2.75) is 24.8 Å². The second-order valence-electron chi connectivity index (χ2n) is 6.58. The fraction of sp³-hybridized carbons (Fsp3) is 0.300. The third kappa shape index (κ3) is 4.96. The van der Waals surface area contributed by atoms with Gasteiger partial charge in [0.2, 0.25) is 10.0 Å². The third-order valence-electron chi connectivity index (χ3n) is 4.01. The van der Waals surface area contributed by atoms with Gasteiger partial charge in [0.25, 0.3) is 5.91 Å². The highest BCUT2D eigenvalue weighted by Gasteiger charge is 2.21. The van der Waals surface area contributed by atoms with E-state index in [1.807, 2.05) is 44.2 Å². The standard InChI is InChI=1S/C20H24N2O5S/c1-15(2)22(17-8-6-5-7-9-17)19(23)14-27-20(24)16-10-12-18(13-11-16)28(25,26)21(3)4/h5-13,15H,14H2,1-4H3. The number of esters is 1. The number of sulfonamides is 1. The molecule has 0 aliphatic rings. The lowest BCUT2D eigenvalue weighted by molar-refractivity contribution is -0.122. The van der Waals surface area contributed by atoms with Gasteiger partial charge in [-0.15, -0.1) is 0 Å². The van der Waals surface area contributed by atoms with Gasteiger partial charge in [0.05, 0.1) is 10.5 Å². The smallest absolute Gasteiger partial charge is 0.338 e. The van der Waals surface area contributed by atoms with Crippen LogP contribution in [-0.2, 0) is 19.6 Å². The number of ether oxygens (including phenoxy) is 1. The summed E-state index contributed by atoms with van der Waals surface area (Å²) in [4.78, 5) is 26.4. The van der Waals surface area contributed by atoms with Crippen molar-refractivity contribution in [2.75, 3.05) is 25.6 Å². The Balaban J connectivity index is 2.06. The molecule has 0 fully saturated rings. The minimum atomic E-state index is -3.58. The van der Waals surface area contributed by atoms with Crippen LogP contribution >= 0.6 is 0 Å². The molecule has 0 aliphatic carbocycles. The zero-order chi connectivity index (χ0) is 20.9. The van der Waals surface area contributed by atoms with Gasteiger partial charge in [-0.1, -0.05) is 18.2 Å². The molecule has 0 heterocycles. The first kappa shape index (κ1) is 21.6. The van der Waals surface area contributed by atoms with Crippen LogP contribution in [0.5, 0.6) is 0 Å². The van der Waals surface area contributed by atoms with Crippen molar-refractivity contribution in [1.82, 2.24) is 4.31 Å². The Morgan fingerprint density at radius 3 is 2.04 bits per heavy atom. The van der Waals surface area contributed by atoms with Crippen LogP contribution in [0.3, 0.4) is 0 Å². The van der Waals surface area contributed by atoms with Gasteiger partial charge < -0.3 is 9.64 Å². The minimum absolute atomic E-state index is 0.0696. The molecule has 0 N–H and O–H groups in total. The molecule has 0 aromatic heterocycles. The summed E-state index contributed by atoms with van der Waals surface area (Å²) in [5, 5.41) is 0. The largest absolute Gasteiger partial charge is 0.452 e. The van der Waals surface area contributed by atoms with Gasteiger partial charge >= 0.3 is 5.97 Å². The van der Waals surface area contributed by atoms with E-state index in [2.05, 4.69) is 0 Å². The van der Waals surface area contributed by atoms with Crippen LogP contribution in [-0.4, -0.2) is 51.3 Å². The number of hydrogen-bond acceptors (Lipinski definition) is 5. The summed E-state index contributed by atoms with van der Waals surface area (Å²) in [5.74, 6) is -1.04. The molecule has 0 bridgehead atoms. The van der Waals surface area contributed by atoms with Gasteiger partial charge in [0.15, 0.2) is 6.61 Å².